The lowest BCUT2D eigenvalue weighted by atomic mass is 10.1. The first-order chi connectivity index (χ1) is 8.58. The quantitative estimate of drug-likeness (QED) is 0.840. The van der Waals surface area contributed by atoms with Crippen molar-refractivity contribution in [1.82, 2.24) is 0 Å². The molecule has 0 fully saturated rings. The third kappa shape index (κ3) is 2.59. The van der Waals surface area contributed by atoms with Crippen molar-refractivity contribution in [2.45, 2.75) is 13.8 Å². The van der Waals surface area contributed by atoms with E-state index in [2.05, 4.69) is 5.32 Å². The van der Waals surface area contributed by atoms with Crippen molar-refractivity contribution >= 4 is 22.4 Å². The maximum absolute atomic E-state index is 11.6. The fourth-order valence-electron chi connectivity index (χ4n) is 1.64. The van der Waals surface area contributed by atoms with Crippen LogP contribution in [0.4, 0.5) is 5.69 Å². The fraction of sp³-hybridized carbons (Fsp3) is 0.286. The van der Waals surface area contributed by atoms with Crippen molar-refractivity contribution in [3.8, 4) is 0 Å². The molecule has 4 nitrogen and oxygen atoms in total. The Morgan fingerprint density at radius 1 is 1.33 bits per heavy atom. The van der Waals surface area contributed by atoms with Crippen LogP contribution < -0.4 is 10.9 Å². The van der Waals surface area contributed by atoms with Crippen molar-refractivity contribution < 1.29 is 9.21 Å². The first kappa shape index (κ1) is 12.4. The third-order valence-corrected chi connectivity index (χ3v) is 2.75. The molecular weight excluding hydrogens is 230 g/mol. The summed E-state index contributed by atoms with van der Waals surface area (Å²) in [5.74, 6) is 0.0798. The van der Waals surface area contributed by atoms with Crippen LogP contribution in [0.15, 0.2) is 39.5 Å². The fourth-order valence-corrected chi connectivity index (χ4v) is 1.64. The monoisotopic (exact) mass is 245 g/mol. The van der Waals surface area contributed by atoms with Crippen LogP contribution >= 0.6 is 0 Å². The molecule has 1 heterocycles. The first-order valence-electron chi connectivity index (χ1n) is 5.87. The van der Waals surface area contributed by atoms with Crippen LogP contribution in [0, 0.1) is 5.92 Å². The second kappa shape index (κ2) is 5.04. The Hall–Kier alpha value is -2.10. The van der Waals surface area contributed by atoms with Crippen LogP contribution in [0.25, 0.3) is 11.0 Å². The number of rotatable bonds is 4. The minimum atomic E-state index is -0.423. The van der Waals surface area contributed by atoms with Gasteiger partial charge in [-0.3, -0.25) is 4.79 Å². The summed E-state index contributed by atoms with van der Waals surface area (Å²) in [7, 11) is 0. The van der Waals surface area contributed by atoms with E-state index in [1.54, 1.807) is 12.1 Å². The minimum Gasteiger partial charge on any atom is -0.423 e. The summed E-state index contributed by atoms with van der Waals surface area (Å²) in [5.41, 5.74) is 0.730. The molecule has 1 aromatic carbocycles. The average Bonchev–Trinajstić information content (AvgIpc) is 2.35. The number of benzene rings is 1. The molecule has 0 amide bonds. The molecule has 4 heteroatoms. The number of ketones is 1. The molecule has 0 saturated carbocycles. The number of hydrogen-bond donors (Lipinski definition) is 1. The van der Waals surface area contributed by atoms with E-state index in [4.69, 9.17) is 4.42 Å². The van der Waals surface area contributed by atoms with Gasteiger partial charge in [0.1, 0.15) is 5.58 Å². The van der Waals surface area contributed by atoms with Crippen molar-refractivity contribution in [1.29, 1.82) is 0 Å². The van der Waals surface area contributed by atoms with Gasteiger partial charge in [0, 0.05) is 17.4 Å². The molecule has 0 aliphatic rings. The molecular formula is C14H15NO3. The summed E-state index contributed by atoms with van der Waals surface area (Å²) in [6.45, 7) is 3.91. The van der Waals surface area contributed by atoms with Crippen molar-refractivity contribution in [2.75, 3.05) is 11.9 Å². The van der Waals surface area contributed by atoms with Crippen molar-refractivity contribution in [2.24, 2.45) is 5.92 Å². The largest absolute Gasteiger partial charge is 0.423 e. The summed E-state index contributed by atoms with van der Waals surface area (Å²) in [4.78, 5) is 23.0. The molecule has 1 aromatic heterocycles. The number of hydrogen-bond acceptors (Lipinski definition) is 4. The van der Waals surface area contributed by atoms with Gasteiger partial charge < -0.3 is 9.73 Å². The Morgan fingerprint density at radius 2 is 2.06 bits per heavy atom. The summed E-state index contributed by atoms with van der Waals surface area (Å²) in [6.07, 6.45) is 0. The van der Waals surface area contributed by atoms with E-state index in [0.29, 0.717) is 11.3 Å². The van der Waals surface area contributed by atoms with E-state index in [1.807, 2.05) is 26.0 Å². The number of nitrogens with one attached hydrogen (secondary N) is 1. The molecule has 2 rings (SSSR count). The van der Waals surface area contributed by atoms with E-state index in [-0.39, 0.29) is 18.2 Å². The molecule has 0 aliphatic carbocycles. The van der Waals surface area contributed by atoms with E-state index >= 15 is 0 Å². The van der Waals surface area contributed by atoms with Crippen LogP contribution in [0.2, 0.25) is 0 Å². The number of carbonyl (C=O) groups excluding carboxylic acids is 1. The Balaban J connectivity index is 2.33. The predicted octanol–water partition coefficient (Wildman–Crippen LogP) is 2.43. The van der Waals surface area contributed by atoms with Gasteiger partial charge in [-0.25, -0.2) is 4.79 Å². The average molecular weight is 245 g/mol. The lowest BCUT2D eigenvalue weighted by Gasteiger charge is -2.09. The molecule has 1 N–H and O–H groups in total. The van der Waals surface area contributed by atoms with Crippen LogP contribution in [-0.2, 0) is 4.79 Å². The van der Waals surface area contributed by atoms with Gasteiger partial charge in [0.25, 0.3) is 0 Å². The van der Waals surface area contributed by atoms with E-state index < -0.39 is 5.63 Å². The van der Waals surface area contributed by atoms with Gasteiger partial charge in [-0.05, 0) is 12.1 Å². The highest BCUT2D eigenvalue weighted by Gasteiger charge is 2.09. The van der Waals surface area contributed by atoms with Gasteiger partial charge in [0.05, 0.1) is 12.2 Å². The molecule has 18 heavy (non-hydrogen) atoms. The number of fused-ring (bicyclic) bond motifs is 1. The zero-order chi connectivity index (χ0) is 13.1. The van der Waals surface area contributed by atoms with Crippen molar-refractivity contribution in [3.05, 3.63) is 40.8 Å². The minimum absolute atomic E-state index is 0.0242. The molecule has 0 bridgehead atoms. The number of Topliss-reactive ketones (excluding diaryl/α,β-unsaturated/α-hetero) is 1. The van der Waals surface area contributed by atoms with Gasteiger partial charge in [-0.1, -0.05) is 26.0 Å². The number of carbonyl (C=O) groups is 1. The van der Waals surface area contributed by atoms with E-state index in [0.717, 1.165) is 5.39 Å². The highest BCUT2D eigenvalue weighted by Crippen LogP contribution is 2.20. The van der Waals surface area contributed by atoms with Crippen molar-refractivity contribution in [3.63, 3.8) is 0 Å². The molecule has 0 atom stereocenters. The van der Waals surface area contributed by atoms with Gasteiger partial charge in [-0.2, -0.15) is 0 Å². The maximum Gasteiger partial charge on any atom is 0.338 e. The Bertz CT molecular complexity index is 628. The lowest BCUT2D eigenvalue weighted by Crippen LogP contribution is -2.19. The molecule has 94 valence electrons. The second-order valence-corrected chi connectivity index (χ2v) is 4.45. The highest BCUT2D eigenvalue weighted by atomic mass is 16.4. The van der Waals surface area contributed by atoms with Gasteiger partial charge in [0.2, 0.25) is 0 Å². The summed E-state index contributed by atoms with van der Waals surface area (Å²) in [5, 5.41) is 3.80. The smallest absolute Gasteiger partial charge is 0.338 e. The Kier molecular flexibility index (Phi) is 3.46. The highest BCUT2D eigenvalue weighted by molar-refractivity contribution is 5.92. The zero-order valence-electron chi connectivity index (χ0n) is 10.4. The van der Waals surface area contributed by atoms with E-state index in [1.165, 1.54) is 6.07 Å². The topological polar surface area (TPSA) is 59.3 Å². The zero-order valence-corrected chi connectivity index (χ0v) is 10.4. The number of para-hydroxylation sites is 1. The normalized spacial score (nSPS) is 10.8. The molecule has 0 unspecified atom stereocenters. The first-order valence-corrected chi connectivity index (χ1v) is 5.87. The summed E-state index contributed by atoms with van der Waals surface area (Å²) in [6, 6.07) is 8.61. The molecule has 0 saturated heterocycles. The molecule has 0 spiro atoms. The molecule has 0 aliphatic heterocycles. The Morgan fingerprint density at radius 3 is 2.78 bits per heavy atom. The predicted molar refractivity (Wildman–Crippen MR) is 70.8 cm³/mol. The summed E-state index contributed by atoms with van der Waals surface area (Å²) < 4.78 is 5.08. The summed E-state index contributed by atoms with van der Waals surface area (Å²) >= 11 is 0. The van der Waals surface area contributed by atoms with Crippen LogP contribution in [0.5, 0.6) is 0 Å². The van der Waals surface area contributed by atoms with Gasteiger partial charge in [0.15, 0.2) is 5.78 Å². The van der Waals surface area contributed by atoms with Crippen LogP contribution in [0.3, 0.4) is 0 Å². The second-order valence-electron chi connectivity index (χ2n) is 4.45. The van der Waals surface area contributed by atoms with Crippen LogP contribution in [-0.4, -0.2) is 12.3 Å². The number of anilines is 1. The molecule has 0 radical (unpaired) electrons. The maximum atomic E-state index is 11.6. The molecule has 2 aromatic rings. The van der Waals surface area contributed by atoms with E-state index in [9.17, 15) is 9.59 Å². The Labute approximate surface area is 105 Å². The lowest BCUT2D eigenvalue weighted by molar-refractivity contribution is -0.120. The van der Waals surface area contributed by atoms with Gasteiger partial charge >= 0.3 is 5.63 Å². The standard InChI is InChI=1S/C14H15NO3/c1-9(2)12(16)8-15-11-7-14(17)18-13-6-4-3-5-10(11)13/h3-7,9,15H,8H2,1-2H3. The van der Waals surface area contributed by atoms with Crippen LogP contribution in [0.1, 0.15) is 13.8 Å². The van der Waals surface area contributed by atoms with Gasteiger partial charge in [-0.15, -0.1) is 0 Å². The SMILES string of the molecule is CC(C)C(=O)CNc1cc(=O)oc2ccccc12. The third-order valence-electron chi connectivity index (χ3n) is 2.75.